The average molecular weight is 494 g/mol. The van der Waals surface area contributed by atoms with Crippen LogP contribution < -0.4 is 0 Å². The summed E-state index contributed by atoms with van der Waals surface area (Å²) in [6, 6.07) is 2.19. The Bertz CT molecular complexity index is 1030. The van der Waals surface area contributed by atoms with Gasteiger partial charge in [0.25, 0.3) is 0 Å². The van der Waals surface area contributed by atoms with Gasteiger partial charge in [0.2, 0.25) is 0 Å². The molecular weight excluding hydrogens is 442 g/mol. The van der Waals surface area contributed by atoms with Crippen molar-refractivity contribution in [3.05, 3.63) is 23.3 Å². The Labute approximate surface area is 221 Å². The maximum atomic E-state index is 13.2. The minimum atomic E-state index is -0.631. The number of carbonyl (C=O) groups is 2. The Morgan fingerprint density at radius 3 is 2.25 bits per heavy atom. The number of ketones is 2. The van der Waals surface area contributed by atoms with Crippen molar-refractivity contribution in [1.82, 2.24) is 0 Å². The van der Waals surface area contributed by atoms with E-state index in [0.717, 1.165) is 24.8 Å². The second-order valence-corrected chi connectivity index (χ2v) is 15.4. The first-order chi connectivity index (χ1) is 16.3. The molecule has 0 heterocycles. The first kappa shape index (κ1) is 28.9. The van der Waals surface area contributed by atoms with Crippen LogP contribution in [0.4, 0.5) is 0 Å². The van der Waals surface area contributed by atoms with Gasteiger partial charge in [0, 0.05) is 10.8 Å². The van der Waals surface area contributed by atoms with Crippen molar-refractivity contribution in [2.24, 2.45) is 44.3 Å². The van der Waals surface area contributed by atoms with Crippen molar-refractivity contribution < 1.29 is 9.59 Å². The molecule has 3 nitrogen and oxygen atoms in total. The highest BCUT2D eigenvalue weighted by molar-refractivity contribution is 6.04. The van der Waals surface area contributed by atoms with E-state index in [4.69, 9.17) is 0 Å². The van der Waals surface area contributed by atoms with Crippen molar-refractivity contribution in [1.29, 1.82) is 5.26 Å². The summed E-state index contributed by atoms with van der Waals surface area (Å²) in [5.74, 6) is 0.754. The van der Waals surface area contributed by atoms with E-state index in [9.17, 15) is 14.9 Å². The van der Waals surface area contributed by atoms with E-state index in [1.54, 1.807) is 6.92 Å². The Morgan fingerprint density at radius 2 is 1.72 bits per heavy atom. The van der Waals surface area contributed by atoms with Crippen LogP contribution in [0.3, 0.4) is 0 Å². The van der Waals surface area contributed by atoms with Crippen molar-refractivity contribution in [3.8, 4) is 6.07 Å². The van der Waals surface area contributed by atoms with Gasteiger partial charge in [0.05, 0.1) is 5.57 Å². The van der Waals surface area contributed by atoms with Crippen LogP contribution in [0.1, 0.15) is 121 Å². The van der Waals surface area contributed by atoms with Crippen molar-refractivity contribution in [2.45, 2.75) is 121 Å². The number of nitriles is 1. The number of nitrogens with zero attached hydrogens (tertiary/aromatic N) is 1. The zero-order valence-corrected chi connectivity index (χ0v) is 25.0. The highest BCUT2D eigenvalue weighted by Gasteiger charge is 2.61. The van der Waals surface area contributed by atoms with Crippen LogP contribution in [-0.2, 0) is 9.59 Å². The number of Topliss-reactive ketones (excluding diaryl/α,β-unsaturated/α-hetero) is 1. The third-order valence-corrected chi connectivity index (χ3v) is 11.7. The number of carbonyl (C=O) groups excluding carboxylic acids is 2. The molecular formula is C33H51NO2. The van der Waals surface area contributed by atoms with Crippen LogP contribution in [0, 0.1) is 55.7 Å². The molecule has 0 aromatic carbocycles. The summed E-state index contributed by atoms with van der Waals surface area (Å²) in [5.41, 5.74) is 0.775. The van der Waals surface area contributed by atoms with Gasteiger partial charge in [-0.25, -0.2) is 0 Å². The van der Waals surface area contributed by atoms with Gasteiger partial charge in [-0.05, 0) is 91.4 Å². The lowest BCUT2D eigenvalue weighted by molar-refractivity contribution is -0.131. The van der Waals surface area contributed by atoms with Crippen molar-refractivity contribution >= 4 is 11.6 Å². The zero-order valence-electron chi connectivity index (χ0n) is 25.0. The second kappa shape index (κ2) is 8.96. The van der Waals surface area contributed by atoms with Gasteiger partial charge in [0.1, 0.15) is 6.07 Å². The number of fused-ring (bicyclic) bond motifs is 1. The SMILES string of the molecule is CC(=O)/C=C1/[C@@]2(C)C=C(C#N)C(=O)C(C)(C)[C@@H]2CC[C@@]1(C)C(C)(C)CC[C@@]1(C)CCC(C)(C)CC1C. The summed E-state index contributed by atoms with van der Waals surface area (Å²) in [7, 11) is 0. The lowest BCUT2D eigenvalue weighted by atomic mass is 9.42. The van der Waals surface area contributed by atoms with Crippen LogP contribution in [0.5, 0.6) is 0 Å². The summed E-state index contributed by atoms with van der Waals surface area (Å²) in [6.45, 7) is 24.7. The van der Waals surface area contributed by atoms with E-state index < -0.39 is 10.8 Å². The molecule has 36 heavy (non-hydrogen) atoms. The minimum Gasteiger partial charge on any atom is -0.295 e. The monoisotopic (exact) mass is 493 g/mol. The molecule has 2 saturated carbocycles. The van der Waals surface area contributed by atoms with E-state index in [-0.39, 0.29) is 33.9 Å². The third-order valence-electron chi connectivity index (χ3n) is 11.7. The summed E-state index contributed by atoms with van der Waals surface area (Å²) in [5, 5.41) is 9.85. The summed E-state index contributed by atoms with van der Waals surface area (Å²) in [4.78, 5) is 25.8. The predicted octanol–water partition coefficient (Wildman–Crippen LogP) is 8.64. The lowest BCUT2D eigenvalue weighted by Crippen LogP contribution is -2.55. The van der Waals surface area contributed by atoms with Crippen molar-refractivity contribution in [3.63, 3.8) is 0 Å². The Kier molecular flexibility index (Phi) is 7.18. The smallest absolute Gasteiger partial charge is 0.178 e. The lowest BCUT2D eigenvalue weighted by Gasteiger charge is -2.61. The molecule has 0 aromatic heterocycles. The molecule has 3 rings (SSSR count). The molecule has 1 unspecified atom stereocenters. The molecule has 200 valence electrons. The van der Waals surface area contributed by atoms with E-state index in [0.29, 0.717) is 16.7 Å². The molecule has 0 aliphatic heterocycles. The van der Waals surface area contributed by atoms with Gasteiger partial charge in [0.15, 0.2) is 11.6 Å². The molecule has 0 spiro atoms. The Morgan fingerprint density at radius 1 is 1.11 bits per heavy atom. The van der Waals surface area contributed by atoms with Crippen LogP contribution in [-0.4, -0.2) is 11.6 Å². The summed E-state index contributed by atoms with van der Waals surface area (Å²) < 4.78 is 0. The topological polar surface area (TPSA) is 57.9 Å². The molecule has 3 aliphatic rings. The van der Waals surface area contributed by atoms with E-state index in [1.807, 2.05) is 26.0 Å². The number of hydrogen-bond acceptors (Lipinski definition) is 3. The van der Waals surface area contributed by atoms with Gasteiger partial charge < -0.3 is 0 Å². The molecule has 0 amide bonds. The summed E-state index contributed by atoms with van der Waals surface area (Å²) >= 11 is 0. The van der Waals surface area contributed by atoms with Gasteiger partial charge in [-0.2, -0.15) is 5.26 Å². The molecule has 0 N–H and O–H groups in total. The Hall–Kier alpha value is -1.69. The fraction of sp³-hybridized carbons (Fsp3) is 0.788. The van der Waals surface area contributed by atoms with E-state index >= 15 is 0 Å². The van der Waals surface area contributed by atoms with Crippen molar-refractivity contribution in [2.75, 3.05) is 0 Å². The summed E-state index contributed by atoms with van der Waals surface area (Å²) in [6.07, 6.45) is 11.8. The Balaban J connectivity index is 2.03. The quantitative estimate of drug-likeness (QED) is 0.360. The number of rotatable bonds is 5. The molecule has 0 saturated heterocycles. The molecule has 5 atom stereocenters. The number of allylic oxidation sites excluding steroid dienone is 4. The van der Waals surface area contributed by atoms with Gasteiger partial charge in [-0.3, -0.25) is 9.59 Å². The van der Waals surface area contributed by atoms with Crippen LogP contribution in [0.15, 0.2) is 23.3 Å². The van der Waals surface area contributed by atoms with Crippen LogP contribution in [0.25, 0.3) is 0 Å². The zero-order chi connectivity index (χ0) is 27.5. The maximum absolute atomic E-state index is 13.2. The highest BCUT2D eigenvalue weighted by Crippen LogP contribution is 2.67. The largest absolute Gasteiger partial charge is 0.295 e. The first-order valence-corrected chi connectivity index (χ1v) is 14.2. The standard InChI is InChI=1S/C33H51NO2/c1-22-19-28(3,4)14-16-31(22,9)17-15-29(5,6)33(11)13-12-25-30(7,8)27(36)24(21-34)20-32(25,10)26(33)18-23(2)35/h18,20,22,25H,12-17,19H2,1-11H3/b26-18-/t22?,25-,31+,32-,33+/m0/s1. The predicted molar refractivity (Wildman–Crippen MR) is 148 cm³/mol. The van der Waals surface area contributed by atoms with Gasteiger partial charge in [-0.1, -0.05) is 80.9 Å². The highest BCUT2D eigenvalue weighted by atomic mass is 16.1. The van der Waals surface area contributed by atoms with Crippen LogP contribution in [0.2, 0.25) is 0 Å². The van der Waals surface area contributed by atoms with Gasteiger partial charge in [-0.15, -0.1) is 0 Å². The average Bonchev–Trinajstić information content (AvgIpc) is 2.75. The molecule has 0 aromatic rings. The fourth-order valence-corrected chi connectivity index (χ4v) is 8.41. The second-order valence-electron chi connectivity index (χ2n) is 15.4. The van der Waals surface area contributed by atoms with E-state index in [2.05, 4.69) is 61.5 Å². The molecule has 0 radical (unpaired) electrons. The number of hydrogen-bond donors (Lipinski definition) is 0. The molecule has 3 heteroatoms. The van der Waals surface area contributed by atoms with Crippen LogP contribution >= 0.6 is 0 Å². The third kappa shape index (κ3) is 4.56. The minimum absolute atomic E-state index is 0.0375. The van der Waals surface area contributed by atoms with E-state index in [1.165, 1.54) is 25.7 Å². The van der Waals surface area contributed by atoms with Gasteiger partial charge >= 0.3 is 0 Å². The normalized spacial score (nSPS) is 39.2. The first-order valence-electron chi connectivity index (χ1n) is 14.2. The molecule has 0 bridgehead atoms. The fourth-order valence-electron chi connectivity index (χ4n) is 8.41. The molecule has 2 fully saturated rings. The maximum Gasteiger partial charge on any atom is 0.178 e. The molecule has 3 aliphatic carbocycles.